The van der Waals surface area contributed by atoms with Crippen LogP contribution in [0, 0.1) is 13.8 Å². The van der Waals surface area contributed by atoms with Crippen molar-refractivity contribution in [3.63, 3.8) is 0 Å². The molecule has 1 amide bonds. The number of carbonyl (C=O) groups is 1. The summed E-state index contributed by atoms with van der Waals surface area (Å²) in [6.07, 6.45) is 1.51. The summed E-state index contributed by atoms with van der Waals surface area (Å²) in [6, 6.07) is 13.1. The third-order valence-electron chi connectivity index (χ3n) is 4.44. The van der Waals surface area contributed by atoms with Crippen molar-refractivity contribution >= 4 is 12.1 Å². The van der Waals surface area contributed by atoms with Crippen LogP contribution in [0.15, 0.2) is 47.6 Å². The zero-order chi connectivity index (χ0) is 20.1. The van der Waals surface area contributed by atoms with Gasteiger partial charge in [0, 0.05) is 17.2 Å². The van der Waals surface area contributed by atoms with E-state index in [1.807, 2.05) is 25.1 Å². The second-order valence-corrected chi connectivity index (χ2v) is 6.27. The number of rotatable bonds is 6. The standard InChI is InChI=1S/C21H22N4O3/c1-13-5-6-15(9-14(13)2)18-11-19(24-23-18)21(26)25-22-12-16-7-8-17(27-3)10-20(16)28-4/h5-12H,1-4H3,(H,23,24)(H,25,26)/b22-12+. The molecule has 0 fully saturated rings. The summed E-state index contributed by atoms with van der Waals surface area (Å²) in [5, 5.41) is 11.0. The molecule has 0 aliphatic rings. The molecule has 0 radical (unpaired) electrons. The van der Waals surface area contributed by atoms with Gasteiger partial charge in [-0.1, -0.05) is 12.1 Å². The molecule has 2 aromatic carbocycles. The Hall–Kier alpha value is -3.61. The average molecular weight is 378 g/mol. The van der Waals surface area contributed by atoms with Crippen LogP contribution < -0.4 is 14.9 Å². The number of aromatic nitrogens is 2. The van der Waals surface area contributed by atoms with Crippen LogP contribution in [-0.4, -0.2) is 36.5 Å². The van der Waals surface area contributed by atoms with Crippen molar-refractivity contribution in [2.24, 2.45) is 5.10 Å². The van der Waals surface area contributed by atoms with Crippen LogP contribution in [0.2, 0.25) is 0 Å². The highest BCUT2D eigenvalue weighted by Gasteiger charge is 2.11. The highest BCUT2D eigenvalue weighted by molar-refractivity contribution is 5.94. The number of hydrogen-bond acceptors (Lipinski definition) is 5. The van der Waals surface area contributed by atoms with Gasteiger partial charge in [-0.3, -0.25) is 9.89 Å². The molecule has 2 N–H and O–H groups in total. The largest absolute Gasteiger partial charge is 0.497 e. The number of hydrazone groups is 1. The number of amides is 1. The van der Waals surface area contributed by atoms with Crippen molar-refractivity contribution < 1.29 is 14.3 Å². The number of aryl methyl sites for hydroxylation is 2. The first-order valence-electron chi connectivity index (χ1n) is 8.70. The molecule has 7 nitrogen and oxygen atoms in total. The van der Waals surface area contributed by atoms with E-state index in [2.05, 4.69) is 27.6 Å². The van der Waals surface area contributed by atoms with Crippen LogP contribution in [0.5, 0.6) is 11.5 Å². The number of carbonyl (C=O) groups excluding carboxylic acids is 1. The normalized spacial score (nSPS) is 10.9. The summed E-state index contributed by atoms with van der Waals surface area (Å²) in [5.41, 5.74) is 7.55. The summed E-state index contributed by atoms with van der Waals surface area (Å²) < 4.78 is 10.5. The van der Waals surface area contributed by atoms with Gasteiger partial charge >= 0.3 is 0 Å². The molecule has 0 aliphatic heterocycles. The lowest BCUT2D eigenvalue weighted by Gasteiger charge is -2.06. The van der Waals surface area contributed by atoms with Crippen LogP contribution in [-0.2, 0) is 0 Å². The fourth-order valence-electron chi connectivity index (χ4n) is 2.63. The minimum absolute atomic E-state index is 0.326. The van der Waals surface area contributed by atoms with Crippen molar-refractivity contribution in [2.45, 2.75) is 13.8 Å². The quantitative estimate of drug-likeness (QED) is 0.508. The molecule has 1 aromatic heterocycles. The lowest BCUT2D eigenvalue weighted by atomic mass is 10.0. The second-order valence-electron chi connectivity index (χ2n) is 6.27. The van der Waals surface area contributed by atoms with Gasteiger partial charge in [-0.05, 0) is 49.2 Å². The first-order chi connectivity index (χ1) is 13.5. The zero-order valence-electron chi connectivity index (χ0n) is 16.2. The van der Waals surface area contributed by atoms with Gasteiger partial charge in [0.2, 0.25) is 0 Å². The Morgan fingerprint density at radius 3 is 2.61 bits per heavy atom. The van der Waals surface area contributed by atoms with Gasteiger partial charge in [-0.2, -0.15) is 10.2 Å². The topological polar surface area (TPSA) is 88.6 Å². The second kappa shape index (κ2) is 8.39. The van der Waals surface area contributed by atoms with E-state index in [1.165, 1.54) is 17.3 Å². The van der Waals surface area contributed by atoms with E-state index >= 15 is 0 Å². The van der Waals surface area contributed by atoms with Crippen molar-refractivity contribution in [1.29, 1.82) is 0 Å². The monoisotopic (exact) mass is 378 g/mol. The van der Waals surface area contributed by atoms with Gasteiger partial charge in [0.1, 0.15) is 17.2 Å². The van der Waals surface area contributed by atoms with E-state index in [0.29, 0.717) is 28.5 Å². The Labute approximate surface area is 163 Å². The predicted molar refractivity (Wildman–Crippen MR) is 108 cm³/mol. The Balaban J connectivity index is 1.70. The number of methoxy groups -OCH3 is 2. The fourth-order valence-corrected chi connectivity index (χ4v) is 2.63. The number of aromatic amines is 1. The van der Waals surface area contributed by atoms with E-state index in [4.69, 9.17) is 9.47 Å². The maximum atomic E-state index is 12.3. The van der Waals surface area contributed by atoms with Gasteiger partial charge < -0.3 is 9.47 Å². The van der Waals surface area contributed by atoms with Crippen LogP contribution in [0.4, 0.5) is 0 Å². The maximum Gasteiger partial charge on any atom is 0.289 e. The molecule has 1 heterocycles. The van der Waals surface area contributed by atoms with Crippen molar-refractivity contribution in [3.8, 4) is 22.8 Å². The molecule has 7 heteroatoms. The molecule has 0 saturated heterocycles. The van der Waals surface area contributed by atoms with Gasteiger partial charge in [-0.15, -0.1) is 0 Å². The molecule has 0 bridgehead atoms. The zero-order valence-corrected chi connectivity index (χ0v) is 16.2. The number of benzene rings is 2. The Kier molecular flexibility index (Phi) is 5.74. The summed E-state index contributed by atoms with van der Waals surface area (Å²) in [4.78, 5) is 12.3. The third-order valence-corrected chi connectivity index (χ3v) is 4.44. The number of nitrogens with zero attached hydrogens (tertiary/aromatic N) is 2. The number of nitrogens with one attached hydrogen (secondary N) is 2. The summed E-state index contributed by atoms with van der Waals surface area (Å²) in [6.45, 7) is 4.10. The smallest absolute Gasteiger partial charge is 0.289 e. The SMILES string of the molecule is COc1ccc(/C=N/NC(=O)c2cc(-c3ccc(C)c(C)c3)n[nH]2)c(OC)c1. The van der Waals surface area contributed by atoms with E-state index in [0.717, 1.165) is 5.56 Å². The Morgan fingerprint density at radius 2 is 1.89 bits per heavy atom. The fraction of sp³-hybridized carbons (Fsp3) is 0.190. The number of hydrogen-bond donors (Lipinski definition) is 2. The summed E-state index contributed by atoms with van der Waals surface area (Å²) in [5.74, 6) is 0.886. The molecule has 0 aliphatic carbocycles. The summed E-state index contributed by atoms with van der Waals surface area (Å²) in [7, 11) is 3.14. The predicted octanol–water partition coefficient (Wildman–Crippen LogP) is 3.47. The molecule has 0 unspecified atom stereocenters. The molecule has 0 saturated carbocycles. The minimum atomic E-state index is -0.383. The first kappa shape index (κ1) is 19.2. The van der Waals surface area contributed by atoms with E-state index in [1.54, 1.807) is 38.5 Å². The van der Waals surface area contributed by atoms with Gasteiger partial charge in [0.25, 0.3) is 5.91 Å². The average Bonchev–Trinajstić information content (AvgIpc) is 3.20. The number of H-pyrrole nitrogens is 1. The lowest BCUT2D eigenvalue weighted by Crippen LogP contribution is -2.18. The molecule has 144 valence electrons. The summed E-state index contributed by atoms with van der Waals surface area (Å²) >= 11 is 0. The van der Waals surface area contributed by atoms with Crippen LogP contribution >= 0.6 is 0 Å². The lowest BCUT2D eigenvalue weighted by molar-refractivity contribution is 0.0950. The number of ether oxygens (including phenoxy) is 2. The van der Waals surface area contributed by atoms with Gasteiger partial charge in [0.15, 0.2) is 0 Å². The van der Waals surface area contributed by atoms with Gasteiger partial charge in [-0.25, -0.2) is 5.43 Å². The van der Waals surface area contributed by atoms with E-state index < -0.39 is 0 Å². The van der Waals surface area contributed by atoms with Crippen LogP contribution in [0.3, 0.4) is 0 Å². The highest BCUT2D eigenvalue weighted by atomic mass is 16.5. The molecule has 0 spiro atoms. The van der Waals surface area contributed by atoms with Crippen molar-refractivity contribution in [2.75, 3.05) is 14.2 Å². The molecular formula is C21H22N4O3. The first-order valence-corrected chi connectivity index (χ1v) is 8.70. The Morgan fingerprint density at radius 1 is 1.07 bits per heavy atom. The molecular weight excluding hydrogens is 356 g/mol. The van der Waals surface area contributed by atoms with Crippen molar-refractivity contribution in [1.82, 2.24) is 15.6 Å². The minimum Gasteiger partial charge on any atom is -0.497 e. The van der Waals surface area contributed by atoms with Crippen LogP contribution in [0.25, 0.3) is 11.3 Å². The van der Waals surface area contributed by atoms with Crippen LogP contribution in [0.1, 0.15) is 27.2 Å². The molecule has 0 atom stereocenters. The maximum absolute atomic E-state index is 12.3. The van der Waals surface area contributed by atoms with E-state index in [-0.39, 0.29) is 5.91 Å². The molecule has 28 heavy (non-hydrogen) atoms. The Bertz CT molecular complexity index is 1020. The third kappa shape index (κ3) is 4.20. The van der Waals surface area contributed by atoms with Gasteiger partial charge in [0.05, 0.1) is 26.1 Å². The van der Waals surface area contributed by atoms with Crippen molar-refractivity contribution in [3.05, 3.63) is 64.8 Å². The molecule has 3 rings (SSSR count). The highest BCUT2D eigenvalue weighted by Crippen LogP contribution is 2.23. The van der Waals surface area contributed by atoms with E-state index in [9.17, 15) is 4.79 Å². The molecule has 3 aromatic rings.